The number of amides is 1. The summed E-state index contributed by atoms with van der Waals surface area (Å²) in [5, 5.41) is 3.10. The standard InChI is InChI=1S/C14H29N3O/c1-3-5-6-13(15)14(18)16-12-7-10-17(9-4-2)11-8-12/h12-13H,3-11,15H2,1-2H3,(H,16,18). The Kier molecular flexibility index (Phi) is 7.28. The first-order valence-corrected chi connectivity index (χ1v) is 7.45. The SMILES string of the molecule is CCCCC(N)C(=O)NC1CCN(CCC)CC1. The number of unbranched alkanes of at least 4 members (excludes halogenated alkanes) is 1. The van der Waals surface area contributed by atoms with Crippen LogP contribution < -0.4 is 11.1 Å². The van der Waals surface area contributed by atoms with E-state index in [2.05, 4.69) is 24.1 Å². The summed E-state index contributed by atoms with van der Waals surface area (Å²) in [6.07, 6.45) is 6.26. The Bertz CT molecular complexity index is 237. The first-order chi connectivity index (χ1) is 8.67. The van der Waals surface area contributed by atoms with Gasteiger partial charge in [0.25, 0.3) is 0 Å². The van der Waals surface area contributed by atoms with Gasteiger partial charge < -0.3 is 16.0 Å². The summed E-state index contributed by atoms with van der Waals surface area (Å²) in [7, 11) is 0. The average Bonchev–Trinajstić information content (AvgIpc) is 2.38. The first-order valence-electron chi connectivity index (χ1n) is 7.45. The molecule has 106 valence electrons. The predicted molar refractivity (Wildman–Crippen MR) is 75.4 cm³/mol. The molecule has 4 heteroatoms. The van der Waals surface area contributed by atoms with Gasteiger partial charge in [-0.3, -0.25) is 4.79 Å². The topological polar surface area (TPSA) is 58.4 Å². The van der Waals surface area contributed by atoms with Crippen molar-refractivity contribution in [2.24, 2.45) is 5.73 Å². The molecule has 1 aliphatic rings. The van der Waals surface area contributed by atoms with Crippen LogP contribution in [0.5, 0.6) is 0 Å². The summed E-state index contributed by atoms with van der Waals surface area (Å²) < 4.78 is 0. The first kappa shape index (κ1) is 15.4. The number of nitrogens with two attached hydrogens (primary N) is 1. The van der Waals surface area contributed by atoms with Crippen LogP contribution in [0.15, 0.2) is 0 Å². The van der Waals surface area contributed by atoms with Crippen LogP contribution in [0.2, 0.25) is 0 Å². The minimum absolute atomic E-state index is 0.0393. The van der Waals surface area contributed by atoms with Crippen LogP contribution in [-0.4, -0.2) is 42.5 Å². The fourth-order valence-corrected chi connectivity index (χ4v) is 2.48. The lowest BCUT2D eigenvalue weighted by Gasteiger charge is -2.32. The Morgan fingerprint density at radius 2 is 2.00 bits per heavy atom. The van der Waals surface area contributed by atoms with E-state index >= 15 is 0 Å². The van der Waals surface area contributed by atoms with Crippen molar-refractivity contribution in [3.63, 3.8) is 0 Å². The molecule has 1 fully saturated rings. The second-order valence-electron chi connectivity index (χ2n) is 5.37. The Balaban J connectivity index is 2.21. The number of hydrogen-bond donors (Lipinski definition) is 2. The molecule has 0 saturated carbocycles. The van der Waals surface area contributed by atoms with Crippen LogP contribution in [0.3, 0.4) is 0 Å². The van der Waals surface area contributed by atoms with Gasteiger partial charge in [0.15, 0.2) is 0 Å². The summed E-state index contributed by atoms with van der Waals surface area (Å²) in [6, 6.07) is 0.0110. The lowest BCUT2D eigenvalue weighted by Crippen LogP contribution is -2.49. The number of nitrogens with one attached hydrogen (secondary N) is 1. The second-order valence-corrected chi connectivity index (χ2v) is 5.37. The van der Waals surface area contributed by atoms with Gasteiger partial charge in [0.2, 0.25) is 5.91 Å². The number of rotatable bonds is 7. The molecule has 0 aromatic heterocycles. The Hall–Kier alpha value is -0.610. The van der Waals surface area contributed by atoms with E-state index in [0.717, 1.165) is 45.2 Å². The maximum Gasteiger partial charge on any atom is 0.237 e. The number of carbonyl (C=O) groups is 1. The van der Waals surface area contributed by atoms with Gasteiger partial charge in [0.05, 0.1) is 6.04 Å². The highest BCUT2D eigenvalue weighted by atomic mass is 16.2. The van der Waals surface area contributed by atoms with E-state index in [4.69, 9.17) is 5.73 Å². The normalized spacial score (nSPS) is 19.7. The molecule has 1 saturated heterocycles. The molecule has 0 bridgehead atoms. The molecule has 1 unspecified atom stereocenters. The molecule has 1 aliphatic heterocycles. The van der Waals surface area contributed by atoms with Gasteiger partial charge in [0, 0.05) is 19.1 Å². The van der Waals surface area contributed by atoms with Crippen LogP contribution in [0.25, 0.3) is 0 Å². The van der Waals surface area contributed by atoms with Crippen molar-refractivity contribution >= 4 is 5.91 Å². The summed E-state index contributed by atoms with van der Waals surface area (Å²) in [4.78, 5) is 14.3. The summed E-state index contributed by atoms with van der Waals surface area (Å²) in [6.45, 7) is 7.71. The summed E-state index contributed by atoms with van der Waals surface area (Å²) >= 11 is 0. The lowest BCUT2D eigenvalue weighted by molar-refractivity contribution is -0.123. The van der Waals surface area contributed by atoms with Gasteiger partial charge in [-0.05, 0) is 32.2 Å². The number of nitrogens with zero attached hydrogens (tertiary/aromatic N) is 1. The number of piperidine rings is 1. The Morgan fingerprint density at radius 3 is 2.56 bits per heavy atom. The largest absolute Gasteiger partial charge is 0.352 e. The van der Waals surface area contributed by atoms with E-state index in [1.54, 1.807) is 0 Å². The van der Waals surface area contributed by atoms with Crippen molar-refractivity contribution in [3.8, 4) is 0 Å². The number of carbonyl (C=O) groups excluding carboxylic acids is 1. The van der Waals surface area contributed by atoms with Gasteiger partial charge in [-0.1, -0.05) is 26.7 Å². The van der Waals surface area contributed by atoms with Crippen LogP contribution in [-0.2, 0) is 4.79 Å². The minimum atomic E-state index is -0.321. The molecule has 18 heavy (non-hydrogen) atoms. The second kappa shape index (κ2) is 8.48. The van der Waals surface area contributed by atoms with E-state index in [0.29, 0.717) is 6.04 Å². The monoisotopic (exact) mass is 255 g/mol. The molecule has 1 heterocycles. The van der Waals surface area contributed by atoms with E-state index in [1.807, 2.05) is 0 Å². The fraction of sp³-hybridized carbons (Fsp3) is 0.929. The van der Waals surface area contributed by atoms with E-state index in [1.165, 1.54) is 13.0 Å². The quantitative estimate of drug-likeness (QED) is 0.725. The molecule has 0 aromatic carbocycles. The molecular formula is C14H29N3O. The smallest absolute Gasteiger partial charge is 0.237 e. The Labute approximate surface area is 111 Å². The summed E-state index contributed by atoms with van der Waals surface area (Å²) in [5.41, 5.74) is 5.87. The van der Waals surface area contributed by atoms with Crippen LogP contribution in [0.1, 0.15) is 52.4 Å². The highest BCUT2D eigenvalue weighted by Crippen LogP contribution is 2.11. The molecule has 3 N–H and O–H groups in total. The minimum Gasteiger partial charge on any atom is -0.352 e. The molecule has 4 nitrogen and oxygen atoms in total. The zero-order valence-corrected chi connectivity index (χ0v) is 12.0. The van der Waals surface area contributed by atoms with Gasteiger partial charge in [0.1, 0.15) is 0 Å². The maximum absolute atomic E-state index is 11.9. The fourth-order valence-electron chi connectivity index (χ4n) is 2.48. The van der Waals surface area contributed by atoms with Crippen molar-refractivity contribution in [2.75, 3.05) is 19.6 Å². The van der Waals surface area contributed by atoms with E-state index in [-0.39, 0.29) is 11.9 Å². The van der Waals surface area contributed by atoms with Gasteiger partial charge in [-0.25, -0.2) is 0 Å². The van der Waals surface area contributed by atoms with Crippen molar-refractivity contribution in [3.05, 3.63) is 0 Å². The molecule has 1 amide bonds. The average molecular weight is 255 g/mol. The number of likely N-dealkylation sites (tertiary alicyclic amines) is 1. The van der Waals surface area contributed by atoms with Crippen LogP contribution >= 0.6 is 0 Å². The highest BCUT2D eigenvalue weighted by molar-refractivity contribution is 5.81. The van der Waals surface area contributed by atoms with E-state index in [9.17, 15) is 4.79 Å². The maximum atomic E-state index is 11.9. The third-order valence-electron chi connectivity index (χ3n) is 3.68. The molecule has 1 atom stereocenters. The molecular weight excluding hydrogens is 226 g/mol. The molecule has 1 rings (SSSR count). The third-order valence-corrected chi connectivity index (χ3v) is 3.68. The van der Waals surface area contributed by atoms with Gasteiger partial charge in [-0.15, -0.1) is 0 Å². The van der Waals surface area contributed by atoms with Crippen molar-refractivity contribution < 1.29 is 4.79 Å². The van der Waals surface area contributed by atoms with E-state index < -0.39 is 0 Å². The molecule has 0 aromatic rings. The van der Waals surface area contributed by atoms with Crippen LogP contribution in [0, 0.1) is 0 Å². The van der Waals surface area contributed by atoms with Gasteiger partial charge >= 0.3 is 0 Å². The van der Waals surface area contributed by atoms with Crippen molar-refractivity contribution in [2.45, 2.75) is 64.5 Å². The number of hydrogen-bond acceptors (Lipinski definition) is 3. The van der Waals surface area contributed by atoms with Crippen molar-refractivity contribution in [1.29, 1.82) is 0 Å². The zero-order valence-electron chi connectivity index (χ0n) is 12.0. The van der Waals surface area contributed by atoms with Crippen LogP contribution in [0.4, 0.5) is 0 Å². The Morgan fingerprint density at radius 1 is 1.33 bits per heavy atom. The zero-order chi connectivity index (χ0) is 13.4. The van der Waals surface area contributed by atoms with Crippen molar-refractivity contribution in [1.82, 2.24) is 10.2 Å². The predicted octanol–water partition coefficient (Wildman–Crippen LogP) is 1.49. The summed E-state index contributed by atoms with van der Waals surface area (Å²) in [5.74, 6) is 0.0393. The van der Waals surface area contributed by atoms with Gasteiger partial charge in [-0.2, -0.15) is 0 Å². The molecule has 0 radical (unpaired) electrons. The molecule has 0 spiro atoms. The lowest BCUT2D eigenvalue weighted by atomic mass is 10.0. The highest BCUT2D eigenvalue weighted by Gasteiger charge is 2.22. The third kappa shape index (κ3) is 5.36. The molecule has 0 aliphatic carbocycles.